The number of ether oxygens (including phenoxy) is 1. The van der Waals surface area contributed by atoms with Gasteiger partial charge in [0.2, 0.25) is 0 Å². The standard InChI is InChI=1S/C15H20ClN3O2/c1-3-6-20-13-8-11(16)7-12-14(13)21-15(18-12)19-5-4-17-9-10(19)2/h7-8,10,17H,3-6,9H2,1-2H3/t10-/m0/s1. The predicted octanol–water partition coefficient (Wildman–Crippen LogP) is 3.07. The molecule has 114 valence electrons. The molecular formula is C15H20ClN3O2. The molecule has 6 heteroatoms. The van der Waals surface area contributed by atoms with Crippen LogP contribution in [0.2, 0.25) is 5.02 Å². The fraction of sp³-hybridized carbons (Fsp3) is 0.533. The van der Waals surface area contributed by atoms with E-state index in [1.807, 2.05) is 6.07 Å². The quantitative estimate of drug-likeness (QED) is 0.940. The first-order chi connectivity index (χ1) is 10.2. The van der Waals surface area contributed by atoms with Gasteiger partial charge in [0.05, 0.1) is 6.61 Å². The highest BCUT2D eigenvalue weighted by molar-refractivity contribution is 6.31. The number of nitrogens with zero attached hydrogens (tertiary/aromatic N) is 2. The fourth-order valence-corrected chi connectivity index (χ4v) is 2.73. The van der Waals surface area contributed by atoms with Crippen molar-refractivity contribution in [2.45, 2.75) is 26.3 Å². The van der Waals surface area contributed by atoms with Crippen molar-refractivity contribution in [3.8, 4) is 5.75 Å². The van der Waals surface area contributed by atoms with Gasteiger partial charge in [0, 0.05) is 36.8 Å². The highest BCUT2D eigenvalue weighted by Gasteiger charge is 2.24. The van der Waals surface area contributed by atoms with Crippen molar-refractivity contribution < 1.29 is 9.15 Å². The van der Waals surface area contributed by atoms with Crippen LogP contribution in [-0.2, 0) is 0 Å². The number of piperazine rings is 1. The Bertz CT molecular complexity index is 629. The number of aromatic nitrogens is 1. The van der Waals surface area contributed by atoms with E-state index in [1.54, 1.807) is 6.07 Å². The van der Waals surface area contributed by atoms with Crippen molar-refractivity contribution in [1.82, 2.24) is 10.3 Å². The van der Waals surface area contributed by atoms with Crippen LogP contribution in [0.5, 0.6) is 5.75 Å². The lowest BCUT2D eigenvalue weighted by Gasteiger charge is -2.32. The molecular weight excluding hydrogens is 290 g/mol. The number of fused-ring (bicyclic) bond motifs is 1. The van der Waals surface area contributed by atoms with Crippen LogP contribution in [0, 0.1) is 0 Å². The maximum Gasteiger partial charge on any atom is 0.298 e. The molecule has 0 aliphatic carbocycles. The Morgan fingerprint density at radius 1 is 1.52 bits per heavy atom. The van der Waals surface area contributed by atoms with Gasteiger partial charge in [-0.3, -0.25) is 0 Å². The number of oxazole rings is 1. The largest absolute Gasteiger partial charge is 0.490 e. The molecule has 1 aliphatic rings. The van der Waals surface area contributed by atoms with Gasteiger partial charge in [0.1, 0.15) is 5.52 Å². The molecule has 1 aromatic heterocycles. The topological polar surface area (TPSA) is 50.5 Å². The Labute approximate surface area is 129 Å². The molecule has 5 nitrogen and oxygen atoms in total. The molecule has 0 amide bonds. The molecule has 1 fully saturated rings. The third kappa shape index (κ3) is 2.94. The van der Waals surface area contributed by atoms with E-state index >= 15 is 0 Å². The van der Waals surface area contributed by atoms with Crippen molar-refractivity contribution in [2.24, 2.45) is 0 Å². The van der Waals surface area contributed by atoms with Crippen LogP contribution >= 0.6 is 11.6 Å². The molecule has 2 aromatic rings. The minimum Gasteiger partial charge on any atom is -0.490 e. The third-order valence-electron chi connectivity index (χ3n) is 3.62. The van der Waals surface area contributed by atoms with Crippen LogP contribution in [0.3, 0.4) is 0 Å². The normalized spacial score (nSPS) is 19.2. The SMILES string of the molecule is CCCOc1cc(Cl)cc2nc(N3CCNC[C@@H]3C)oc12. The average molecular weight is 310 g/mol. The number of anilines is 1. The fourth-order valence-electron chi connectivity index (χ4n) is 2.52. The van der Waals surface area contributed by atoms with Crippen LogP contribution in [0.1, 0.15) is 20.3 Å². The number of hydrogen-bond donors (Lipinski definition) is 1. The van der Waals surface area contributed by atoms with E-state index in [4.69, 9.17) is 20.8 Å². The zero-order valence-electron chi connectivity index (χ0n) is 12.4. The molecule has 1 aliphatic heterocycles. The van der Waals surface area contributed by atoms with Crippen molar-refractivity contribution in [2.75, 3.05) is 31.1 Å². The zero-order chi connectivity index (χ0) is 14.8. The second-order valence-electron chi connectivity index (χ2n) is 5.34. The highest BCUT2D eigenvalue weighted by Crippen LogP contribution is 2.33. The van der Waals surface area contributed by atoms with Crippen LogP contribution in [0.4, 0.5) is 6.01 Å². The van der Waals surface area contributed by atoms with E-state index in [9.17, 15) is 0 Å². The first-order valence-electron chi connectivity index (χ1n) is 7.39. The monoisotopic (exact) mass is 309 g/mol. The number of hydrogen-bond acceptors (Lipinski definition) is 5. The summed E-state index contributed by atoms with van der Waals surface area (Å²) in [5, 5.41) is 3.97. The summed E-state index contributed by atoms with van der Waals surface area (Å²) in [6.45, 7) is 7.60. The molecule has 0 radical (unpaired) electrons. The van der Waals surface area contributed by atoms with Crippen LogP contribution in [0.15, 0.2) is 16.5 Å². The average Bonchev–Trinajstić information content (AvgIpc) is 2.88. The van der Waals surface area contributed by atoms with Gasteiger partial charge in [0.25, 0.3) is 6.01 Å². The summed E-state index contributed by atoms with van der Waals surface area (Å²) >= 11 is 6.14. The Morgan fingerprint density at radius 3 is 3.14 bits per heavy atom. The van der Waals surface area contributed by atoms with E-state index in [1.165, 1.54) is 0 Å². The lowest BCUT2D eigenvalue weighted by atomic mass is 10.2. The summed E-state index contributed by atoms with van der Waals surface area (Å²) in [5.41, 5.74) is 1.42. The molecule has 2 heterocycles. The van der Waals surface area contributed by atoms with Gasteiger partial charge in [-0.2, -0.15) is 4.98 Å². The molecule has 1 N–H and O–H groups in total. The summed E-state index contributed by atoms with van der Waals surface area (Å²) in [6.07, 6.45) is 0.934. The van der Waals surface area contributed by atoms with E-state index in [0.717, 1.165) is 31.6 Å². The lowest BCUT2D eigenvalue weighted by molar-refractivity contribution is 0.316. The van der Waals surface area contributed by atoms with Crippen LogP contribution in [0.25, 0.3) is 11.1 Å². The maximum atomic E-state index is 6.14. The molecule has 0 saturated carbocycles. The molecule has 0 spiro atoms. The summed E-state index contributed by atoms with van der Waals surface area (Å²) in [4.78, 5) is 6.76. The molecule has 3 rings (SSSR count). The second kappa shape index (κ2) is 6.12. The van der Waals surface area contributed by atoms with Gasteiger partial charge >= 0.3 is 0 Å². The van der Waals surface area contributed by atoms with Crippen LogP contribution < -0.4 is 15.0 Å². The minimum absolute atomic E-state index is 0.349. The Balaban J connectivity index is 1.98. The molecule has 1 atom stereocenters. The van der Waals surface area contributed by atoms with Crippen LogP contribution in [-0.4, -0.2) is 37.3 Å². The van der Waals surface area contributed by atoms with E-state index in [0.29, 0.717) is 35.0 Å². The Morgan fingerprint density at radius 2 is 2.38 bits per heavy atom. The molecule has 1 aromatic carbocycles. The number of halogens is 1. The van der Waals surface area contributed by atoms with Gasteiger partial charge in [-0.05, 0) is 19.4 Å². The molecule has 21 heavy (non-hydrogen) atoms. The molecule has 0 unspecified atom stereocenters. The molecule has 0 bridgehead atoms. The first kappa shape index (κ1) is 14.5. The summed E-state index contributed by atoms with van der Waals surface area (Å²) in [6, 6.07) is 4.59. The van der Waals surface area contributed by atoms with Gasteiger partial charge in [0.15, 0.2) is 11.3 Å². The number of benzene rings is 1. The van der Waals surface area contributed by atoms with Crippen molar-refractivity contribution in [3.63, 3.8) is 0 Å². The van der Waals surface area contributed by atoms with Gasteiger partial charge in [-0.15, -0.1) is 0 Å². The van der Waals surface area contributed by atoms with E-state index in [2.05, 4.69) is 29.0 Å². The minimum atomic E-state index is 0.349. The summed E-state index contributed by atoms with van der Waals surface area (Å²) in [7, 11) is 0. The zero-order valence-corrected chi connectivity index (χ0v) is 13.1. The van der Waals surface area contributed by atoms with Crippen molar-refractivity contribution in [1.29, 1.82) is 0 Å². The maximum absolute atomic E-state index is 6.14. The predicted molar refractivity (Wildman–Crippen MR) is 84.5 cm³/mol. The van der Waals surface area contributed by atoms with Crippen molar-refractivity contribution in [3.05, 3.63) is 17.2 Å². The van der Waals surface area contributed by atoms with Crippen molar-refractivity contribution >= 4 is 28.7 Å². The lowest BCUT2D eigenvalue weighted by Crippen LogP contribution is -2.50. The van der Waals surface area contributed by atoms with E-state index < -0.39 is 0 Å². The van der Waals surface area contributed by atoms with Gasteiger partial charge < -0.3 is 19.4 Å². The number of nitrogens with one attached hydrogen (secondary N) is 1. The summed E-state index contributed by atoms with van der Waals surface area (Å²) in [5.74, 6) is 0.667. The van der Waals surface area contributed by atoms with E-state index in [-0.39, 0.29) is 0 Å². The highest BCUT2D eigenvalue weighted by atomic mass is 35.5. The first-order valence-corrected chi connectivity index (χ1v) is 7.77. The second-order valence-corrected chi connectivity index (χ2v) is 5.78. The Kier molecular flexibility index (Phi) is 4.22. The third-order valence-corrected chi connectivity index (χ3v) is 3.84. The summed E-state index contributed by atoms with van der Waals surface area (Å²) < 4.78 is 11.7. The van der Waals surface area contributed by atoms with Gasteiger partial charge in [-0.25, -0.2) is 0 Å². The smallest absolute Gasteiger partial charge is 0.298 e. The Hall–Kier alpha value is -1.46. The molecule has 1 saturated heterocycles. The van der Waals surface area contributed by atoms with Gasteiger partial charge in [-0.1, -0.05) is 18.5 Å². The number of rotatable bonds is 4.